The molecule has 1 aliphatic rings. The van der Waals surface area contributed by atoms with Crippen LogP contribution in [-0.4, -0.2) is 72.8 Å². The predicted molar refractivity (Wildman–Crippen MR) is 128 cm³/mol. The first-order valence-electron chi connectivity index (χ1n) is 11.2. The number of hydrogen-bond donors (Lipinski definition) is 4. The molecule has 0 spiro atoms. The largest absolute Gasteiger partial charge is 0.480 e. The average molecular weight is 531 g/mol. The Labute approximate surface area is 209 Å². The van der Waals surface area contributed by atoms with Crippen LogP contribution in [0.3, 0.4) is 0 Å². The van der Waals surface area contributed by atoms with Crippen LogP contribution in [0.1, 0.15) is 40.5 Å². The van der Waals surface area contributed by atoms with E-state index in [1.165, 1.54) is 43.0 Å². The van der Waals surface area contributed by atoms with Crippen LogP contribution in [0, 0.1) is 5.92 Å². The molecule has 1 heterocycles. The smallest absolute Gasteiger partial charge is 0.326 e. The molecule has 4 N–H and O–H groups in total. The lowest BCUT2D eigenvalue weighted by atomic mass is 10.0. The zero-order valence-electron chi connectivity index (χ0n) is 19.9. The molecule has 35 heavy (non-hydrogen) atoms. The normalized spacial score (nSPS) is 18.6. The van der Waals surface area contributed by atoms with Gasteiger partial charge in [-0.2, -0.15) is 4.72 Å². The zero-order chi connectivity index (χ0) is 26.5. The minimum atomic E-state index is -4.00. The molecule has 0 aromatic heterocycles. The Bertz CT molecular complexity index is 1060. The Balaban J connectivity index is 2.00. The van der Waals surface area contributed by atoms with Crippen molar-refractivity contribution in [2.75, 3.05) is 6.54 Å². The third-order valence-electron chi connectivity index (χ3n) is 5.65. The van der Waals surface area contributed by atoms with Gasteiger partial charge in [-0.1, -0.05) is 25.4 Å². The van der Waals surface area contributed by atoms with Gasteiger partial charge in [-0.05, 0) is 56.9 Å². The summed E-state index contributed by atoms with van der Waals surface area (Å²) in [5.74, 6) is -3.34. The van der Waals surface area contributed by atoms with Gasteiger partial charge in [0.25, 0.3) is 0 Å². The molecule has 194 valence electrons. The standard InChI is InChI=1S/C22H31ClN4O7S/c1-12(2)18(22(31)32)25-20(29)17-6-5-11-27(17)21(30)14(4)24-19(28)13(3)26-35(33,34)16-9-7-15(23)8-10-16/h7-10,12-14,17-18,26H,5-6,11H2,1-4H3,(H,24,28)(H,25,29)(H,31,32)/t13-,14-,17-,18-/m0/s1. The molecular weight excluding hydrogens is 500 g/mol. The van der Waals surface area contributed by atoms with E-state index in [1.54, 1.807) is 13.8 Å². The zero-order valence-corrected chi connectivity index (χ0v) is 21.5. The summed E-state index contributed by atoms with van der Waals surface area (Å²) in [6.45, 7) is 6.37. The second kappa shape index (κ2) is 11.8. The van der Waals surface area contributed by atoms with Crippen molar-refractivity contribution in [1.82, 2.24) is 20.3 Å². The highest BCUT2D eigenvalue weighted by Crippen LogP contribution is 2.19. The molecule has 13 heteroatoms. The van der Waals surface area contributed by atoms with Crippen molar-refractivity contribution >= 4 is 45.3 Å². The van der Waals surface area contributed by atoms with E-state index in [9.17, 15) is 32.7 Å². The molecule has 0 aliphatic carbocycles. The first-order valence-corrected chi connectivity index (χ1v) is 13.0. The van der Waals surface area contributed by atoms with Crippen LogP contribution >= 0.6 is 11.6 Å². The molecule has 1 aromatic rings. The minimum absolute atomic E-state index is 0.0716. The van der Waals surface area contributed by atoms with Crippen LogP contribution in [0.25, 0.3) is 0 Å². The molecule has 0 radical (unpaired) electrons. The van der Waals surface area contributed by atoms with Gasteiger partial charge in [0.15, 0.2) is 0 Å². The quantitative estimate of drug-likeness (QED) is 0.346. The third-order valence-corrected chi connectivity index (χ3v) is 7.46. The van der Waals surface area contributed by atoms with Crippen molar-refractivity contribution in [1.29, 1.82) is 0 Å². The van der Waals surface area contributed by atoms with Crippen LogP contribution < -0.4 is 15.4 Å². The number of hydrogen-bond acceptors (Lipinski definition) is 6. The summed E-state index contributed by atoms with van der Waals surface area (Å²) < 4.78 is 27.2. The van der Waals surface area contributed by atoms with Crippen molar-refractivity contribution < 1.29 is 32.7 Å². The molecule has 1 saturated heterocycles. The molecule has 1 aliphatic heterocycles. The van der Waals surface area contributed by atoms with Gasteiger partial charge in [0.2, 0.25) is 27.7 Å². The van der Waals surface area contributed by atoms with E-state index in [0.29, 0.717) is 17.9 Å². The number of amides is 3. The molecule has 0 saturated carbocycles. The number of carbonyl (C=O) groups excluding carboxylic acids is 3. The SMILES string of the molecule is CC(C)[C@H](NC(=O)[C@@H]1CCCN1C(=O)[C@H](C)NC(=O)[C@H](C)NS(=O)(=O)c1ccc(Cl)cc1)C(=O)O. The van der Waals surface area contributed by atoms with Crippen LogP contribution in [-0.2, 0) is 29.2 Å². The number of benzene rings is 1. The van der Waals surface area contributed by atoms with E-state index in [-0.39, 0.29) is 17.4 Å². The molecule has 0 bridgehead atoms. The highest BCUT2D eigenvalue weighted by molar-refractivity contribution is 7.89. The Morgan fingerprint density at radius 1 is 1.03 bits per heavy atom. The molecule has 3 amide bonds. The molecule has 2 rings (SSSR count). The first kappa shape index (κ1) is 28.5. The highest BCUT2D eigenvalue weighted by Gasteiger charge is 2.38. The first-order chi connectivity index (χ1) is 16.2. The maximum atomic E-state index is 13.0. The Kier molecular flexibility index (Phi) is 9.64. The summed E-state index contributed by atoms with van der Waals surface area (Å²) in [6.07, 6.45) is 0.904. The summed E-state index contributed by atoms with van der Waals surface area (Å²) in [6, 6.07) is 1.23. The maximum Gasteiger partial charge on any atom is 0.326 e. The van der Waals surface area contributed by atoms with Gasteiger partial charge in [0.05, 0.1) is 10.9 Å². The number of nitrogens with one attached hydrogen (secondary N) is 3. The van der Waals surface area contributed by atoms with Crippen molar-refractivity contribution in [3.05, 3.63) is 29.3 Å². The van der Waals surface area contributed by atoms with Crippen molar-refractivity contribution in [2.24, 2.45) is 5.92 Å². The predicted octanol–water partition coefficient (Wildman–Crippen LogP) is 0.728. The van der Waals surface area contributed by atoms with Gasteiger partial charge in [-0.3, -0.25) is 14.4 Å². The number of carboxylic acid groups (broad SMARTS) is 1. The van der Waals surface area contributed by atoms with Crippen molar-refractivity contribution in [3.8, 4) is 0 Å². The summed E-state index contributed by atoms with van der Waals surface area (Å²) in [5.41, 5.74) is 0. The van der Waals surface area contributed by atoms with Crippen LogP contribution in [0.5, 0.6) is 0 Å². The number of sulfonamides is 1. The van der Waals surface area contributed by atoms with E-state index in [4.69, 9.17) is 11.6 Å². The van der Waals surface area contributed by atoms with Gasteiger partial charge < -0.3 is 20.6 Å². The lowest BCUT2D eigenvalue weighted by Gasteiger charge is -2.29. The second-order valence-corrected chi connectivity index (χ2v) is 10.9. The summed E-state index contributed by atoms with van der Waals surface area (Å²) >= 11 is 5.77. The molecule has 4 atom stereocenters. The summed E-state index contributed by atoms with van der Waals surface area (Å²) in [7, 11) is -4.00. The number of carbonyl (C=O) groups is 4. The monoisotopic (exact) mass is 530 g/mol. The van der Waals surface area contributed by atoms with Crippen LogP contribution in [0.15, 0.2) is 29.2 Å². The number of aliphatic carboxylic acids is 1. The fourth-order valence-corrected chi connectivity index (χ4v) is 5.01. The number of likely N-dealkylation sites (tertiary alicyclic amines) is 1. The lowest BCUT2D eigenvalue weighted by Crippen LogP contribution is -2.56. The Hall–Kier alpha value is -2.70. The van der Waals surface area contributed by atoms with E-state index in [0.717, 1.165) is 0 Å². The Morgan fingerprint density at radius 3 is 2.17 bits per heavy atom. The molecule has 1 fully saturated rings. The molecular formula is C22H31ClN4O7S. The molecule has 1 aromatic carbocycles. The third kappa shape index (κ3) is 7.39. The molecule has 11 nitrogen and oxygen atoms in total. The van der Waals surface area contributed by atoms with E-state index < -0.39 is 57.9 Å². The van der Waals surface area contributed by atoms with Gasteiger partial charge in [-0.15, -0.1) is 0 Å². The number of halogens is 1. The van der Waals surface area contributed by atoms with Crippen LogP contribution in [0.4, 0.5) is 0 Å². The van der Waals surface area contributed by atoms with Gasteiger partial charge in [0, 0.05) is 11.6 Å². The minimum Gasteiger partial charge on any atom is -0.480 e. The average Bonchev–Trinajstić information content (AvgIpc) is 3.26. The summed E-state index contributed by atoms with van der Waals surface area (Å²) in [4.78, 5) is 50.9. The topological polar surface area (TPSA) is 162 Å². The van der Waals surface area contributed by atoms with Gasteiger partial charge in [0.1, 0.15) is 18.1 Å². The fourth-order valence-electron chi connectivity index (χ4n) is 3.68. The number of rotatable bonds is 10. The van der Waals surface area contributed by atoms with E-state index in [2.05, 4.69) is 15.4 Å². The van der Waals surface area contributed by atoms with E-state index >= 15 is 0 Å². The molecule has 0 unspecified atom stereocenters. The van der Waals surface area contributed by atoms with Gasteiger partial charge >= 0.3 is 5.97 Å². The second-order valence-electron chi connectivity index (χ2n) is 8.79. The highest BCUT2D eigenvalue weighted by atomic mass is 35.5. The van der Waals surface area contributed by atoms with Crippen molar-refractivity contribution in [3.63, 3.8) is 0 Å². The lowest BCUT2D eigenvalue weighted by molar-refractivity contribution is -0.145. The van der Waals surface area contributed by atoms with E-state index in [1.807, 2.05) is 0 Å². The number of carboxylic acids is 1. The summed E-state index contributed by atoms with van der Waals surface area (Å²) in [5, 5.41) is 14.6. The van der Waals surface area contributed by atoms with Crippen molar-refractivity contribution in [2.45, 2.75) is 69.6 Å². The fraction of sp³-hybridized carbons (Fsp3) is 0.545. The van der Waals surface area contributed by atoms with Gasteiger partial charge in [-0.25, -0.2) is 13.2 Å². The van der Waals surface area contributed by atoms with Crippen LogP contribution in [0.2, 0.25) is 5.02 Å². The Morgan fingerprint density at radius 2 is 1.63 bits per heavy atom. The maximum absolute atomic E-state index is 13.0. The number of nitrogens with zero attached hydrogens (tertiary/aromatic N) is 1.